The fraction of sp³-hybridized carbons (Fsp3) is 0.812. The number of likely N-dealkylation sites (tertiary alicyclic amines) is 1. The van der Waals surface area contributed by atoms with Crippen molar-refractivity contribution in [3.63, 3.8) is 0 Å². The largest absolute Gasteiger partial charge is 0.304 e. The van der Waals surface area contributed by atoms with E-state index < -0.39 is 0 Å². The van der Waals surface area contributed by atoms with Crippen molar-refractivity contribution in [1.29, 1.82) is 0 Å². The van der Waals surface area contributed by atoms with E-state index in [4.69, 9.17) is 4.98 Å². The molecule has 4 rings (SSSR count). The Morgan fingerprint density at radius 1 is 1.40 bits per heavy atom. The van der Waals surface area contributed by atoms with Gasteiger partial charge in [-0.25, -0.2) is 4.98 Å². The maximum Gasteiger partial charge on any atom is 0.115 e. The monoisotopic (exact) mass is 291 g/mol. The summed E-state index contributed by atoms with van der Waals surface area (Å²) in [4.78, 5) is 9.32. The fourth-order valence-electron chi connectivity index (χ4n) is 3.74. The van der Waals surface area contributed by atoms with Crippen LogP contribution in [-0.2, 0) is 18.4 Å². The highest BCUT2D eigenvalue weighted by Crippen LogP contribution is 2.41. The summed E-state index contributed by atoms with van der Waals surface area (Å²) in [5.74, 6) is 0. The second-order valence-electron chi connectivity index (χ2n) is 6.70. The van der Waals surface area contributed by atoms with Crippen LogP contribution in [0.15, 0.2) is 0 Å². The van der Waals surface area contributed by atoms with Gasteiger partial charge in [0.2, 0.25) is 0 Å². The highest BCUT2D eigenvalue weighted by Gasteiger charge is 2.46. The molecule has 1 aliphatic heterocycles. The Balaban J connectivity index is 1.60. The molecule has 1 saturated carbocycles. The first-order valence-electron chi connectivity index (χ1n) is 8.29. The quantitative estimate of drug-likeness (QED) is 0.904. The molecule has 4 heteroatoms. The standard InChI is InChI=1S/C16H25N3S/c1-2-9-17-16(8-10-19(11-16)12-6-7-12)15-18-13-4-3-5-14(13)20-15/h12,17H,2-11H2,1H3. The van der Waals surface area contributed by atoms with E-state index in [1.807, 2.05) is 11.3 Å². The van der Waals surface area contributed by atoms with Crippen LogP contribution < -0.4 is 5.32 Å². The first-order valence-corrected chi connectivity index (χ1v) is 9.10. The van der Waals surface area contributed by atoms with Crippen molar-refractivity contribution in [1.82, 2.24) is 15.2 Å². The van der Waals surface area contributed by atoms with Crippen LogP contribution in [0.1, 0.15) is 54.6 Å². The zero-order valence-electron chi connectivity index (χ0n) is 12.5. The summed E-state index contributed by atoms with van der Waals surface area (Å²) in [7, 11) is 0. The summed E-state index contributed by atoms with van der Waals surface area (Å²) in [5.41, 5.74) is 1.57. The molecule has 0 aromatic carbocycles. The smallest absolute Gasteiger partial charge is 0.115 e. The van der Waals surface area contributed by atoms with Gasteiger partial charge in [-0.2, -0.15) is 0 Å². The molecule has 0 bridgehead atoms. The van der Waals surface area contributed by atoms with Crippen LogP contribution in [0.5, 0.6) is 0 Å². The van der Waals surface area contributed by atoms with Gasteiger partial charge >= 0.3 is 0 Å². The molecule has 0 spiro atoms. The lowest BCUT2D eigenvalue weighted by atomic mass is 9.99. The molecule has 2 heterocycles. The Morgan fingerprint density at radius 3 is 3.05 bits per heavy atom. The lowest BCUT2D eigenvalue weighted by molar-refractivity contribution is 0.274. The van der Waals surface area contributed by atoms with E-state index in [-0.39, 0.29) is 5.54 Å². The molecule has 0 amide bonds. The maximum atomic E-state index is 5.04. The van der Waals surface area contributed by atoms with Crippen LogP contribution in [0, 0.1) is 0 Å². The molecule has 3 aliphatic rings. The van der Waals surface area contributed by atoms with Crippen molar-refractivity contribution < 1.29 is 0 Å². The van der Waals surface area contributed by atoms with Gasteiger partial charge in [-0.3, -0.25) is 4.90 Å². The Kier molecular flexibility index (Phi) is 3.36. The number of hydrogen-bond acceptors (Lipinski definition) is 4. The average Bonchev–Trinajstić information content (AvgIpc) is 2.87. The summed E-state index contributed by atoms with van der Waals surface area (Å²) in [5, 5.41) is 5.26. The van der Waals surface area contributed by atoms with Crippen molar-refractivity contribution in [2.45, 2.75) is 63.5 Å². The third-order valence-corrected chi connectivity index (χ3v) is 6.44. The van der Waals surface area contributed by atoms with E-state index in [9.17, 15) is 0 Å². The lowest BCUT2D eigenvalue weighted by Crippen LogP contribution is -2.45. The van der Waals surface area contributed by atoms with Gasteiger partial charge < -0.3 is 5.32 Å². The van der Waals surface area contributed by atoms with Crippen molar-refractivity contribution in [2.24, 2.45) is 0 Å². The Morgan fingerprint density at radius 2 is 2.30 bits per heavy atom. The molecule has 1 atom stereocenters. The lowest BCUT2D eigenvalue weighted by Gasteiger charge is -2.29. The van der Waals surface area contributed by atoms with Gasteiger partial charge in [-0.15, -0.1) is 11.3 Å². The van der Waals surface area contributed by atoms with Gasteiger partial charge in [0.1, 0.15) is 5.01 Å². The van der Waals surface area contributed by atoms with E-state index in [2.05, 4.69) is 17.1 Å². The molecule has 1 aromatic rings. The van der Waals surface area contributed by atoms with Gasteiger partial charge in [-0.1, -0.05) is 6.92 Å². The number of hydrogen-bond donors (Lipinski definition) is 1. The van der Waals surface area contributed by atoms with Gasteiger partial charge in [0.15, 0.2) is 0 Å². The zero-order chi connectivity index (χ0) is 13.6. The summed E-state index contributed by atoms with van der Waals surface area (Å²) >= 11 is 2.00. The molecule has 20 heavy (non-hydrogen) atoms. The van der Waals surface area contributed by atoms with E-state index in [1.165, 1.54) is 68.7 Å². The SMILES string of the molecule is CCCNC1(c2nc3c(s2)CCC3)CCN(C2CC2)C1. The van der Waals surface area contributed by atoms with Crippen molar-refractivity contribution >= 4 is 11.3 Å². The number of fused-ring (bicyclic) bond motifs is 1. The zero-order valence-corrected chi connectivity index (χ0v) is 13.3. The molecule has 1 unspecified atom stereocenters. The minimum atomic E-state index is 0.160. The van der Waals surface area contributed by atoms with E-state index in [1.54, 1.807) is 4.88 Å². The van der Waals surface area contributed by atoms with Crippen molar-refractivity contribution in [2.75, 3.05) is 19.6 Å². The van der Waals surface area contributed by atoms with Gasteiger partial charge in [0.25, 0.3) is 0 Å². The van der Waals surface area contributed by atoms with Crippen LogP contribution in [0.2, 0.25) is 0 Å². The topological polar surface area (TPSA) is 28.2 Å². The second-order valence-corrected chi connectivity index (χ2v) is 7.79. The van der Waals surface area contributed by atoms with Crippen molar-refractivity contribution in [3.05, 3.63) is 15.6 Å². The number of aryl methyl sites for hydroxylation is 2. The van der Waals surface area contributed by atoms with Gasteiger partial charge in [0, 0.05) is 24.0 Å². The number of nitrogens with one attached hydrogen (secondary N) is 1. The molecule has 110 valence electrons. The molecule has 3 nitrogen and oxygen atoms in total. The minimum Gasteiger partial charge on any atom is -0.304 e. The first kappa shape index (κ1) is 13.2. The molecule has 1 N–H and O–H groups in total. The molecule has 2 fully saturated rings. The maximum absolute atomic E-state index is 5.04. The molecule has 1 aromatic heterocycles. The van der Waals surface area contributed by atoms with Crippen LogP contribution in [0.4, 0.5) is 0 Å². The summed E-state index contributed by atoms with van der Waals surface area (Å²) in [6.45, 7) is 5.81. The highest BCUT2D eigenvalue weighted by molar-refractivity contribution is 7.12. The fourth-order valence-corrected chi connectivity index (χ4v) is 5.08. The summed E-state index contributed by atoms with van der Waals surface area (Å²) in [6, 6.07) is 0.882. The van der Waals surface area contributed by atoms with Gasteiger partial charge in [-0.05, 0) is 51.5 Å². The van der Waals surface area contributed by atoms with Crippen LogP contribution in [-0.4, -0.2) is 35.6 Å². The molecule has 2 aliphatic carbocycles. The van der Waals surface area contributed by atoms with E-state index >= 15 is 0 Å². The predicted molar refractivity (Wildman–Crippen MR) is 83.3 cm³/mol. The average molecular weight is 291 g/mol. The third kappa shape index (κ3) is 2.22. The second kappa shape index (κ2) is 5.08. The Bertz CT molecular complexity index is 472. The van der Waals surface area contributed by atoms with Crippen LogP contribution >= 0.6 is 11.3 Å². The van der Waals surface area contributed by atoms with E-state index in [0.29, 0.717) is 0 Å². The third-order valence-electron chi connectivity index (χ3n) is 5.08. The first-order chi connectivity index (χ1) is 9.81. The number of rotatable bonds is 5. The molecular weight excluding hydrogens is 266 g/mol. The Hall–Kier alpha value is -0.450. The molecule has 0 radical (unpaired) electrons. The number of aromatic nitrogens is 1. The van der Waals surface area contributed by atoms with Gasteiger partial charge in [0.05, 0.1) is 11.2 Å². The number of nitrogens with zero attached hydrogens (tertiary/aromatic N) is 2. The molecular formula is C16H25N3S. The minimum absolute atomic E-state index is 0.160. The molecule has 1 saturated heterocycles. The normalized spacial score (nSPS) is 30.1. The Labute approximate surface area is 125 Å². The predicted octanol–water partition coefficient (Wildman–Crippen LogP) is 2.69. The van der Waals surface area contributed by atoms with Crippen molar-refractivity contribution in [3.8, 4) is 0 Å². The summed E-state index contributed by atoms with van der Waals surface area (Å²) < 4.78 is 0. The number of thiazole rings is 1. The van der Waals surface area contributed by atoms with Crippen LogP contribution in [0.3, 0.4) is 0 Å². The summed E-state index contributed by atoms with van der Waals surface area (Å²) in [6.07, 6.45) is 9.08. The van der Waals surface area contributed by atoms with Crippen LogP contribution in [0.25, 0.3) is 0 Å². The highest BCUT2D eigenvalue weighted by atomic mass is 32.1. The van der Waals surface area contributed by atoms with E-state index in [0.717, 1.165) is 12.6 Å².